The Bertz CT molecular complexity index is 555. The van der Waals surface area contributed by atoms with Crippen molar-refractivity contribution in [2.75, 3.05) is 19.8 Å². The minimum Gasteiger partial charge on any atom is -0.376 e. The minimum absolute atomic E-state index is 0.0383. The third-order valence-corrected chi connectivity index (χ3v) is 3.74. The van der Waals surface area contributed by atoms with Crippen LogP contribution in [0.2, 0.25) is 0 Å². The Balaban J connectivity index is 1.73. The van der Waals surface area contributed by atoms with E-state index in [0.717, 1.165) is 16.6 Å². The number of ether oxygens (including phenoxy) is 2. The fourth-order valence-electron chi connectivity index (χ4n) is 2.27. The second-order valence-electron chi connectivity index (χ2n) is 4.70. The molecule has 4 heteroatoms. The predicted molar refractivity (Wildman–Crippen MR) is 75.6 cm³/mol. The highest BCUT2D eigenvalue weighted by molar-refractivity contribution is 6.21. The van der Waals surface area contributed by atoms with Gasteiger partial charge in [0.05, 0.1) is 36.8 Å². The summed E-state index contributed by atoms with van der Waals surface area (Å²) in [5.41, 5.74) is 2.00. The van der Waals surface area contributed by atoms with Crippen LogP contribution in [0.1, 0.15) is 5.69 Å². The van der Waals surface area contributed by atoms with Gasteiger partial charge in [-0.3, -0.25) is 4.98 Å². The maximum absolute atomic E-state index is 6.40. The van der Waals surface area contributed by atoms with Gasteiger partial charge in [-0.05, 0) is 12.1 Å². The summed E-state index contributed by atoms with van der Waals surface area (Å²) in [6.45, 7) is 1.86. The molecule has 19 heavy (non-hydrogen) atoms. The summed E-state index contributed by atoms with van der Waals surface area (Å²) in [5, 5.41) is 1.04. The van der Waals surface area contributed by atoms with E-state index in [4.69, 9.17) is 21.1 Å². The smallest absolute Gasteiger partial charge is 0.0976 e. The van der Waals surface area contributed by atoms with Crippen LogP contribution in [0.25, 0.3) is 10.9 Å². The maximum atomic E-state index is 6.40. The number of rotatable bonds is 3. The second-order valence-corrected chi connectivity index (χ2v) is 5.26. The lowest BCUT2D eigenvalue weighted by atomic mass is 10.1. The number of alkyl halides is 1. The Hall–Kier alpha value is -1.16. The van der Waals surface area contributed by atoms with Gasteiger partial charge >= 0.3 is 0 Å². The molecule has 1 aliphatic rings. The van der Waals surface area contributed by atoms with E-state index < -0.39 is 0 Å². The molecule has 1 saturated heterocycles. The summed E-state index contributed by atoms with van der Waals surface area (Å²) < 4.78 is 11.0. The highest BCUT2D eigenvalue weighted by atomic mass is 35.5. The molecule has 100 valence electrons. The van der Waals surface area contributed by atoms with Gasteiger partial charge < -0.3 is 9.47 Å². The van der Waals surface area contributed by atoms with Crippen molar-refractivity contribution in [3.63, 3.8) is 0 Å². The first-order valence-electron chi connectivity index (χ1n) is 6.51. The molecule has 2 unspecified atom stereocenters. The molecule has 0 bridgehead atoms. The molecule has 1 fully saturated rings. The van der Waals surface area contributed by atoms with Gasteiger partial charge in [0.25, 0.3) is 0 Å². The highest BCUT2D eigenvalue weighted by Crippen LogP contribution is 2.18. The highest BCUT2D eigenvalue weighted by Gasteiger charge is 2.23. The summed E-state index contributed by atoms with van der Waals surface area (Å²) in [6.07, 6.45) is 0.657. The minimum atomic E-state index is -0.103. The van der Waals surface area contributed by atoms with E-state index in [2.05, 4.69) is 17.1 Å². The van der Waals surface area contributed by atoms with Crippen molar-refractivity contribution >= 4 is 22.5 Å². The first-order valence-corrected chi connectivity index (χ1v) is 6.95. The van der Waals surface area contributed by atoms with Crippen LogP contribution >= 0.6 is 11.6 Å². The molecular weight excluding hydrogens is 262 g/mol. The molecule has 0 amide bonds. The number of hydrogen-bond acceptors (Lipinski definition) is 3. The molecule has 2 aromatic rings. The van der Waals surface area contributed by atoms with Crippen molar-refractivity contribution < 1.29 is 9.47 Å². The zero-order valence-electron chi connectivity index (χ0n) is 10.6. The van der Waals surface area contributed by atoms with E-state index >= 15 is 0 Å². The molecule has 3 nitrogen and oxygen atoms in total. The van der Waals surface area contributed by atoms with Crippen molar-refractivity contribution in [2.45, 2.75) is 17.9 Å². The summed E-state index contributed by atoms with van der Waals surface area (Å²) in [4.78, 5) is 4.63. The fourth-order valence-corrected chi connectivity index (χ4v) is 2.57. The predicted octanol–water partition coefficient (Wildman–Crippen LogP) is 2.80. The van der Waals surface area contributed by atoms with Crippen LogP contribution in [0.5, 0.6) is 0 Å². The number of para-hydroxylation sites is 1. The van der Waals surface area contributed by atoms with Crippen LogP contribution < -0.4 is 0 Å². The van der Waals surface area contributed by atoms with E-state index in [1.54, 1.807) is 0 Å². The molecule has 0 aliphatic carbocycles. The molecule has 1 aromatic carbocycles. The molecular formula is C15H16ClNO2. The number of aromatic nitrogens is 1. The van der Waals surface area contributed by atoms with Crippen LogP contribution in [0, 0.1) is 0 Å². The van der Waals surface area contributed by atoms with Gasteiger partial charge in [0, 0.05) is 17.5 Å². The SMILES string of the molecule is ClC(Cc1ccc2ccccc2n1)C1COCCO1. The molecule has 1 aliphatic heterocycles. The first kappa shape index (κ1) is 12.9. The van der Waals surface area contributed by atoms with Gasteiger partial charge in [-0.2, -0.15) is 0 Å². The number of fused-ring (bicyclic) bond motifs is 1. The van der Waals surface area contributed by atoms with E-state index in [0.29, 0.717) is 26.2 Å². The van der Waals surface area contributed by atoms with Crippen molar-refractivity contribution in [2.24, 2.45) is 0 Å². The van der Waals surface area contributed by atoms with Crippen LogP contribution in [0.4, 0.5) is 0 Å². The standard InChI is InChI=1S/C15H16ClNO2/c16-13(15-10-18-7-8-19-15)9-12-6-5-11-3-1-2-4-14(11)17-12/h1-6,13,15H,7-10H2. The van der Waals surface area contributed by atoms with Crippen LogP contribution in [0.3, 0.4) is 0 Å². The number of hydrogen-bond donors (Lipinski definition) is 0. The molecule has 3 rings (SSSR count). The Labute approximate surface area is 117 Å². The first-order chi connectivity index (χ1) is 9.33. The van der Waals surface area contributed by atoms with Gasteiger partial charge in [-0.25, -0.2) is 0 Å². The van der Waals surface area contributed by atoms with E-state index in [1.807, 2.05) is 24.3 Å². The van der Waals surface area contributed by atoms with Crippen molar-refractivity contribution in [1.82, 2.24) is 4.98 Å². The lowest BCUT2D eigenvalue weighted by Gasteiger charge is -2.26. The topological polar surface area (TPSA) is 31.4 Å². The molecule has 0 saturated carbocycles. The molecule has 0 N–H and O–H groups in total. The lowest BCUT2D eigenvalue weighted by molar-refractivity contribution is -0.0887. The number of pyridine rings is 1. The maximum Gasteiger partial charge on any atom is 0.0976 e. The quantitative estimate of drug-likeness (QED) is 0.809. The van der Waals surface area contributed by atoms with Gasteiger partial charge in [0.1, 0.15) is 0 Å². The monoisotopic (exact) mass is 277 g/mol. The number of halogens is 1. The van der Waals surface area contributed by atoms with Gasteiger partial charge in [0.15, 0.2) is 0 Å². The Kier molecular flexibility index (Phi) is 3.97. The molecule has 2 atom stereocenters. The van der Waals surface area contributed by atoms with E-state index in [1.165, 1.54) is 0 Å². The third kappa shape index (κ3) is 3.06. The fraction of sp³-hybridized carbons (Fsp3) is 0.400. The lowest BCUT2D eigenvalue weighted by Crippen LogP contribution is -2.36. The summed E-state index contributed by atoms with van der Waals surface area (Å²) >= 11 is 6.40. The van der Waals surface area contributed by atoms with Crippen molar-refractivity contribution in [3.05, 3.63) is 42.1 Å². The van der Waals surface area contributed by atoms with Crippen LogP contribution in [-0.2, 0) is 15.9 Å². The van der Waals surface area contributed by atoms with E-state index in [-0.39, 0.29) is 11.5 Å². The molecule has 0 radical (unpaired) electrons. The molecule has 0 spiro atoms. The van der Waals surface area contributed by atoms with Crippen molar-refractivity contribution in [1.29, 1.82) is 0 Å². The molecule has 1 aromatic heterocycles. The zero-order chi connectivity index (χ0) is 13.1. The van der Waals surface area contributed by atoms with E-state index in [9.17, 15) is 0 Å². The average Bonchev–Trinajstić information content (AvgIpc) is 2.48. The Morgan fingerprint density at radius 2 is 2.11 bits per heavy atom. The summed E-state index contributed by atoms with van der Waals surface area (Å²) in [5.74, 6) is 0. The van der Waals surface area contributed by atoms with Crippen LogP contribution in [0.15, 0.2) is 36.4 Å². The normalized spacial score (nSPS) is 21.4. The summed E-state index contributed by atoms with van der Waals surface area (Å²) in [6, 6.07) is 12.2. The second kappa shape index (κ2) is 5.87. The summed E-state index contributed by atoms with van der Waals surface area (Å²) in [7, 11) is 0. The number of nitrogens with zero attached hydrogens (tertiary/aromatic N) is 1. The van der Waals surface area contributed by atoms with Crippen LogP contribution in [-0.4, -0.2) is 36.3 Å². The Morgan fingerprint density at radius 1 is 1.21 bits per heavy atom. The Morgan fingerprint density at radius 3 is 2.95 bits per heavy atom. The average molecular weight is 278 g/mol. The third-order valence-electron chi connectivity index (χ3n) is 3.31. The van der Waals surface area contributed by atoms with Gasteiger partial charge in [-0.15, -0.1) is 11.6 Å². The van der Waals surface area contributed by atoms with Gasteiger partial charge in [-0.1, -0.05) is 24.3 Å². The van der Waals surface area contributed by atoms with Gasteiger partial charge in [0.2, 0.25) is 0 Å². The largest absolute Gasteiger partial charge is 0.376 e. The zero-order valence-corrected chi connectivity index (χ0v) is 11.3. The number of benzene rings is 1. The van der Waals surface area contributed by atoms with Crippen molar-refractivity contribution in [3.8, 4) is 0 Å². The molecule has 2 heterocycles.